The van der Waals surface area contributed by atoms with Crippen LogP contribution in [-0.4, -0.2) is 6.54 Å². The standard InChI is InChI=1S/C36H73N/c1-3-5-7-9-11-13-15-17-19-21-23-25-27-29-31-33-35-37-36-34-32-30-28-26-24-22-20-18-16-14-12-10-8-6-4-2/h33,35,37H,3-32,34,36H2,1-2H3. The molecule has 0 fully saturated rings. The summed E-state index contributed by atoms with van der Waals surface area (Å²) in [6.45, 7) is 5.77. The number of hydrogen-bond acceptors (Lipinski definition) is 1. The molecule has 1 nitrogen and oxygen atoms in total. The van der Waals surface area contributed by atoms with Crippen molar-refractivity contribution in [2.24, 2.45) is 0 Å². The molecule has 222 valence electrons. The minimum atomic E-state index is 1.16. The van der Waals surface area contributed by atoms with Crippen LogP contribution in [0, 0.1) is 0 Å². The molecule has 0 spiro atoms. The number of unbranched alkanes of at least 4 members (excludes halogenated alkanes) is 29. The summed E-state index contributed by atoms with van der Waals surface area (Å²) in [6.07, 6.45) is 49.2. The van der Waals surface area contributed by atoms with Gasteiger partial charge in [-0.1, -0.05) is 200 Å². The summed E-state index contributed by atoms with van der Waals surface area (Å²) in [4.78, 5) is 0. The van der Waals surface area contributed by atoms with Gasteiger partial charge in [0.2, 0.25) is 0 Å². The maximum Gasteiger partial charge on any atom is 0.0141 e. The minimum Gasteiger partial charge on any atom is -0.391 e. The first kappa shape index (κ1) is 36.5. The molecule has 37 heavy (non-hydrogen) atoms. The third-order valence-electron chi connectivity index (χ3n) is 8.13. The van der Waals surface area contributed by atoms with Gasteiger partial charge in [0.1, 0.15) is 0 Å². The van der Waals surface area contributed by atoms with Gasteiger partial charge >= 0.3 is 0 Å². The van der Waals surface area contributed by atoms with Gasteiger partial charge < -0.3 is 5.32 Å². The Balaban J connectivity index is 3.07. The molecule has 0 bridgehead atoms. The Morgan fingerprint density at radius 2 is 0.595 bits per heavy atom. The van der Waals surface area contributed by atoms with E-state index in [9.17, 15) is 0 Å². The number of nitrogens with one attached hydrogen (secondary N) is 1. The second-order valence-electron chi connectivity index (χ2n) is 12.0. The largest absolute Gasteiger partial charge is 0.391 e. The fraction of sp³-hybridized carbons (Fsp3) is 0.944. The van der Waals surface area contributed by atoms with Gasteiger partial charge in [0.25, 0.3) is 0 Å². The molecule has 0 heterocycles. The van der Waals surface area contributed by atoms with Gasteiger partial charge in [0.05, 0.1) is 0 Å². The van der Waals surface area contributed by atoms with Crippen molar-refractivity contribution >= 4 is 0 Å². The maximum absolute atomic E-state index is 3.50. The zero-order valence-electron chi connectivity index (χ0n) is 26.3. The van der Waals surface area contributed by atoms with Crippen LogP contribution in [0.2, 0.25) is 0 Å². The van der Waals surface area contributed by atoms with Crippen molar-refractivity contribution in [3.63, 3.8) is 0 Å². The zero-order valence-corrected chi connectivity index (χ0v) is 26.3. The van der Waals surface area contributed by atoms with E-state index in [1.54, 1.807) is 0 Å². The molecule has 0 aliphatic rings. The first-order valence-corrected chi connectivity index (χ1v) is 17.8. The monoisotopic (exact) mass is 520 g/mol. The highest BCUT2D eigenvalue weighted by Gasteiger charge is 1.95. The highest BCUT2D eigenvalue weighted by Crippen LogP contribution is 2.15. The Bertz CT molecular complexity index is 401. The number of rotatable bonds is 33. The first-order valence-electron chi connectivity index (χ1n) is 17.8. The fourth-order valence-electron chi connectivity index (χ4n) is 5.48. The van der Waals surface area contributed by atoms with E-state index in [0.717, 1.165) is 6.54 Å². The Hall–Kier alpha value is -0.460. The van der Waals surface area contributed by atoms with Crippen LogP contribution in [-0.2, 0) is 0 Å². The molecule has 1 N–H and O–H groups in total. The lowest BCUT2D eigenvalue weighted by Crippen LogP contribution is -2.06. The average molecular weight is 520 g/mol. The third-order valence-corrected chi connectivity index (χ3v) is 8.13. The van der Waals surface area contributed by atoms with Gasteiger partial charge in [0.15, 0.2) is 0 Å². The molecule has 0 aliphatic heterocycles. The fourth-order valence-corrected chi connectivity index (χ4v) is 5.48. The molecule has 0 saturated heterocycles. The smallest absolute Gasteiger partial charge is 0.0141 e. The van der Waals surface area contributed by atoms with E-state index in [-0.39, 0.29) is 0 Å². The van der Waals surface area contributed by atoms with Crippen molar-refractivity contribution in [3.8, 4) is 0 Å². The summed E-state index contributed by atoms with van der Waals surface area (Å²) < 4.78 is 0. The molecule has 0 aliphatic carbocycles. The highest BCUT2D eigenvalue weighted by atomic mass is 14.8. The Kier molecular flexibility index (Phi) is 35.1. The van der Waals surface area contributed by atoms with Crippen molar-refractivity contribution < 1.29 is 0 Å². The molecule has 0 unspecified atom stereocenters. The van der Waals surface area contributed by atoms with Crippen molar-refractivity contribution in [1.29, 1.82) is 0 Å². The van der Waals surface area contributed by atoms with Gasteiger partial charge in [-0.25, -0.2) is 0 Å². The van der Waals surface area contributed by atoms with Crippen LogP contribution in [0.1, 0.15) is 213 Å². The molecule has 0 saturated carbocycles. The van der Waals surface area contributed by atoms with Crippen LogP contribution >= 0.6 is 0 Å². The molecule has 0 radical (unpaired) electrons. The second-order valence-corrected chi connectivity index (χ2v) is 12.0. The minimum absolute atomic E-state index is 1.16. The predicted octanol–water partition coefficient (Wildman–Crippen LogP) is 13.2. The molecule has 0 amide bonds. The van der Waals surface area contributed by atoms with Gasteiger partial charge in [-0.15, -0.1) is 0 Å². The summed E-state index contributed by atoms with van der Waals surface area (Å²) >= 11 is 0. The highest BCUT2D eigenvalue weighted by molar-refractivity contribution is 4.79. The Morgan fingerprint density at radius 1 is 0.324 bits per heavy atom. The molecule has 0 rings (SSSR count). The van der Waals surface area contributed by atoms with E-state index in [4.69, 9.17) is 0 Å². The molecule has 0 aromatic heterocycles. The average Bonchev–Trinajstić information content (AvgIpc) is 2.91. The van der Waals surface area contributed by atoms with E-state index in [1.165, 1.54) is 199 Å². The Morgan fingerprint density at radius 3 is 0.919 bits per heavy atom. The molecule has 1 heteroatoms. The lowest BCUT2D eigenvalue weighted by Gasteiger charge is -2.04. The van der Waals surface area contributed by atoms with E-state index in [2.05, 4.69) is 31.4 Å². The van der Waals surface area contributed by atoms with Crippen LogP contribution in [0.3, 0.4) is 0 Å². The molecular weight excluding hydrogens is 446 g/mol. The maximum atomic E-state index is 3.50. The lowest BCUT2D eigenvalue weighted by atomic mass is 10.0. The van der Waals surface area contributed by atoms with Crippen molar-refractivity contribution in [2.75, 3.05) is 6.54 Å². The van der Waals surface area contributed by atoms with Gasteiger partial charge in [-0.3, -0.25) is 0 Å². The van der Waals surface area contributed by atoms with E-state index in [1.807, 2.05) is 0 Å². The number of allylic oxidation sites excluding steroid dienone is 1. The van der Waals surface area contributed by atoms with Crippen molar-refractivity contribution in [3.05, 3.63) is 12.3 Å². The van der Waals surface area contributed by atoms with Crippen LogP contribution < -0.4 is 5.32 Å². The van der Waals surface area contributed by atoms with Crippen LogP contribution in [0.4, 0.5) is 0 Å². The van der Waals surface area contributed by atoms with Crippen LogP contribution in [0.15, 0.2) is 12.3 Å². The quantitative estimate of drug-likeness (QED) is 0.0850. The zero-order chi connectivity index (χ0) is 26.7. The number of hydrogen-bond donors (Lipinski definition) is 1. The van der Waals surface area contributed by atoms with Gasteiger partial charge in [0, 0.05) is 6.54 Å². The van der Waals surface area contributed by atoms with Crippen LogP contribution in [0.25, 0.3) is 0 Å². The van der Waals surface area contributed by atoms with Crippen molar-refractivity contribution in [2.45, 2.75) is 213 Å². The summed E-state index contributed by atoms with van der Waals surface area (Å²) in [5.41, 5.74) is 0. The summed E-state index contributed by atoms with van der Waals surface area (Å²) in [5, 5.41) is 3.50. The molecule has 0 atom stereocenters. The lowest BCUT2D eigenvalue weighted by molar-refractivity contribution is 0.528. The van der Waals surface area contributed by atoms with Gasteiger partial charge in [-0.2, -0.15) is 0 Å². The van der Waals surface area contributed by atoms with Gasteiger partial charge in [-0.05, 0) is 25.5 Å². The second kappa shape index (κ2) is 35.5. The molecule has 0 aromatic carbocycles. The summed E-state index contributed by atoms with van der Waals surface area (Å²) in [7, 11) is 0. The van der Waals surface area contributed by atoms with Crippen LogP contribution in [0.5, 0.6) is 0 Å². The van der Waals surface area contributed by atoms with Crippen molar-refractivity contribution in [1.82, 2.24) is 5.32 Å². The molecule has 0 aromatic rings. The topological polar surface area (TPSA) is 12.0 Å². The molecular formula is C36H73N. The normalized spacial score (nSPS) is 11.6. The van der Waals surface area contributed by atoms with E-state index < -0.39 is 0 Å². The van der Waals surface area contributed by atoms with E-state index >= 15 is 0 Å². The summed E-state index contributed by atoms with van der Waals surface area (Å²) in [6, 6.07) is 0. The predicted molar refractivity (Wildman–Crippen MR) is 172 cm³/mol. The first-order chi connectivity index (χ1) is 18.4. The SMILES string of the molecule is CCCCCCCCCCCCCCCCC=CNCCCCCCCCCCCCCCCCCC. The Labute approximate surface area is 236 Å². The third kappa shape index (κ3) is 35.5. The summed E-state index contributed by atoms with van der Waals surface area (Å²) in [5.74, 6) is 0. The van der Waals surface area contributed by atoms with E-state index in [0.29, 0.717) is 0 Å².